The first-order chi connectivity index (χ1) is 9.84. The molecule has 118 valence electrons. The van der Waals surface area contributed by atoms with Crippen LogP contribution in [0.3, 0.4) is 0 Å². The number of hydrogen-bond acceptors (Lipinski definition) is 5. The van der Waals surface area contributed by atoms with Crippen molar-refractivity contribution in [3.63, 3.8) is 0 Å². The van der Waals surface area contributed by atoms with Crippen molar-refractivity contribution in [1.29, 1.82) is 0 Å². The quantitative estimate of drug-likeness (QED) is 0.541. The first kappa shape index (κ1) is 17.5. The molecular formula is C14H21NO5S. The van der Waals surface area contributed by atoms with Gasteiger partial charge in [-0.15, -0.1) is 0 Å². The summed E-state index contributed by atoms with van der Waals surface area (Å²) in [5.74, 6) is 0.142. The van der Waals surface area contributed by atoms with Gasteiger partial charge in [-0.3, -0.25) is 0 Å². The van der Waals surface area contributed by atoms with Gasteiger partial charge < -0.3 is 9.15 Å². The molecule has 1 atom stereocenters. The lowest BCUT2D eigenvalue weighted by Gasteiger charge is -2.25. The van der Waals surface area contributed by atoms with E-state index in [1.165, 1.54) is 16.6 Å². The van der Waals surface area contributed by atoms with E-state index in [4.69, 9.17) is 9.15 Å². The number of rotatable bonds is 8. The number of esters is 1. The molecule has 0 radical (unpaired) electrons. The molecule has 0 aliphatic carbocycles. The smallest absolute Gasteiger partial charge is 0.330 e. The summed E-state index contributed by atoms with van der Waals surface area (Å²) in [5, 5.41) is 0. The average Bonchev–Trinajstić information content (AvgIpc) is 2.87. The van der Waals surface area contributed by atoms with Crippen LogP contribution in [-0.4, -0.2) is 37.6 Å². The summed E-state index contributed by atoms with van der Waals surface area (Å²) in [6, 6.07) is 3.14. The molecule has 0 saturated heterocycles. The van der Waals surface area contributed by atoms with Crippen LogP contribution in [0.2, 0.25) is 0 Å². The Morgan fingerprint density at radius 1 is 1.52 bits per heavy atom. The third-order valence-electron chi connectivity index (χ3n) is 2.83. The first-order valence-electron chi connectivity index (χ1n) is 6.67. The van der Waals surface area contributed by atoms with E-state index in [0.29, 0.717) is 18.8 Å². The summed E-state index contributed by atoms with van der Waals surface area (Å²) in [4.78, 5) is 11.2. The fraction of sp³-hybridized carbons (Fsp3) is 0.500. The zero-order chi connectivity index (χ0) is 15.9. The molecule has 0 amide bonds. The van der Waals surface area contributed by atoms with Crippen molar-refractivity contribution in [2.45, 2.75) is 32.9 Å². The van der Waals surface area contributed by atoms with E-state index in [1.807, 2.05) is 0 Å². The molecule has 7 heteroatoms. The summed E-state index contributed by atoms with van der Waals surface area (Å²) in [6.07, 6.45) is 5.99. The van der Waals surface area contributed by atoms with Gasteiger partial charge >= 0.3 is 5.97 Å². The molecule has 1 aromatic heterocycles. The molecule has 0 fully saturated rings. The van der Waals surface area contributed by atoms with Crippen LogP contribution in [0.1, 0.15) is 26.0 Å². The number of ether oxygens (including phenoxy) is 1. The van der Waals surface area contributed by atoms with Gasteiger partial charge in [0.05, 0.1) is 25.7 Å². The molecule has 6 nitrogen and oxygen atoms in total. The van der Waals surface area contributed by atoms with Crippen molar-refractivity contribution < 1.29 is 22.4 Å². The monoisotopic (exact) mass is 315 g/mol. The Morgan fingerprint density at radius 2 is 2.24 bits per heavy atom. The maximum Gasteiger partial charge on any atom is 0.330 e. The summed E-state index contributed by atoms with van der Waals surface area (Å²) >= 11 is 0. The number of carbonyl (C=O) groups is 1. The molecular weight excluding hydrogens is 294 g/mol. The highest BCUT2D eigenvalue weighted by Crippen LogP contribution is 2.15. The van der Waals surface area contributed by atoms with E-state index in [0.717, 1.165) is 6.26 Å². The van der Waals surface area contributed by atoms with Crippen LogP contribution in [-0.2, 0) is 26.1 Å². The van der Waals surface area contributed by atoms with Crippen molar-refractivity contribution in [2.24, 2.45) is 0 Å². The highest BCUT2D eigenvalue weighted by molar-refractivity contribution is 7.88. The second-order valence-corrected chi connectivity index (χ2v) is 6.56. The van der Waals surface area contributed by atoms with E-state index in [1.54, 1.807) is 32.1 Å². The van der Waals surface area contributed by atoms with Crippen LogP contribution in [0.4, 0.5) is 0 Å². The summed E-state index contributed by atoms with van der Waals surface area (Å²) in [5.41, 5.74) is 0. The van der Waals surface area contributed by atoms with E-state index >= 15 is 0 Å². The minimum atomic E-state index is -3.38. The van der Waals surface area contributed by atoms with Crippen molar-refractivity contribution in [3.05, 3.63) is 36.3 Å². The molecule has 0 spiro atoms. The summed E-state index contributed by atoms with van der Waals surface area (Å²) in [6.45, 7) is 3.98. The lowest BCUT2D eigenvalue weighted by molar-refractivity contribution is -0.137. The van der Waals surface area contributed by atoms with Gasteiger partial charge in [-0.25, -0.2) is 13.2 Å². The maximum atomic E-state index is 11.9. The maximum absolute atomic E-state index is 11.9. The number of nitrogens with zero attached hydrogens (tertiary/aromatic N) is 1. The highest BCUT2D eigenvalue weighted by atomic mass is 32.2. The molecule has 0 saturated carbocycles. The molecule has 1 heterocycles. The zero-order valence-electron chi connectivity index (χ0n) is 12.5. The van der Waals surface area contributed by atoms with Crippen LogP contribution >= 0.6 is 0 Å². The normalized spacial score (nSPS) is 13.7. The molecule has 1 aromatic rings. The molecule has 0 bridgehead atoms. The van der Waals surface area contributed by atoms with Crippen molar-refractivity contribution >= 4 is 16.0 Å². The lowest BCUT2D eigenvalue weighted by Crippen LogP contribution is -2.37. The van der Waals surface area contributed by atoms with Crippen LogP contribution < -0.4 is 0 Å². The largest absolute Gasteiger partial charge is 0.468 e. The Kier molecular flexibility index (Phi) is 6.64. The molecule has 1 unspecified atom stereocenters. The third-order valence-corrected chi connectivity index (χ3v) is 4.17. The minimum absolute atomic E-state index is 0.167. The van der Waals surface area contributed by atoms with Gasteiger partial charge in [-0.1, -0.05) is 6.08 Å². The van der Waals surface area contributed by atoms with Crippen molar-refractivity contribution in [3.8, 4) is 0 Å². The Labute approximate surface area is 125 Å². The zero-order valence-corrected chi connectivity index (χ0v) is 13.3. The van der Waals surface area contributed by atoms with Crippen molar-refractivity contribution in [2.75, 3.05) is 12.9 Å². The molecule has 21 heavy (non-hydrogen) atoms. The summed E-state index contributed by atoms with van der Waals surface area (Å²) < 4.78 is 35.0. The first-order valence-corrected chi connectivity index (χ1v) is 8.52. The van der Waals surface area contributed by atoms with Gasteiger partial charge in [0, 0.05) is 12.1 Å². The van der Waals surface area contributed by atoms with Gasteiger partial charge in [0.15, 0.2) is 0 Å². The lowest BCUT2D eigenvalue weighted by atomic mass is 10.2. The number of hydrogen-bond donors (Lipinski definition) is 0. The summed E-state index contributed by atoms with van der Waals surface area (Å²) in [7, 11) is -3.38. The van der Waals surface area contributed by atoms with Gasteiger partial charge in [-0.2, -0.15) is 4.31 Å². The number of furan rings is 1. The predicted molar refractivity (Wildman–Crippen MR) is 78.9 cm³/mol. The van der Waals surface area contributed by atoms with Gasteiger partial charge in [0.25, 0.3) is 0 Å². The molecule has 0 aromatic carbocycles. The van der Waals surface area contributed by atoms with Crippen molar-refractivity contribution in [1.82, 2.24) is 4.31 Å². The van der Waals surface area contributed by atoms with E-state index in [9.17, 15) is 13.2 Å². The molecule has 0 aliphatic rings. The van der Waals surface area contributed by atoms with E-state index < -0.39 is 16.0 Å². The topological polar surface area (TPSA) is 76.8 Å². The minimum Gasteiger partial charge on any atom is -0.468 e. The number of sulfonamides is 1. The average molecular weight is 315 g/mol. The highest BCUT2D eigenvalue weighted by Gasteiger charge is 2.23. The Hall–Kier alpha value is -1.60. The fourth-order valence-corrected chi connectivity index (χ4v) is 2.93. The van der Waals surface area contributed by atoms with Crippen LogP contribution in [0.25, 0.3) is 0 Å². The van der Waals surface area contributed by atoms with Gasteiger partial charge in [0.2, 0.25) is 10.0 Å². The SMILES string of the molecule is CCOC(=O)/C=C/CC(C)N(Cc1ccco1)S(C)(=O)=O. The molecule has 0 aliphatic heterocycles. The van der Waals surface area contributed by atoms with E-state index in [-0.39, 0.29) is 12.6 Å². The Bertz CT molecular complexity index is 562. The van der Waals surface area contributed by atoms with Crippen LogP contribution in [0.5, 0.6) is 0 Å². The molecule has 0 N–H and O–H groups in total. The predicted octanol–water partition coefficient (Wildman–Crippen LogP) is 1.94. The van der Waals surface area contributed by atoms with Gasteiger partial charge in [-0.05, 0) is 32.4 Å². The molecule has 1 rings (SSSR count). The second kappa shape index (κ2) is 7.99. The second-order valence-electron chi connectivity index (χ2n) is 4.63. The van der Waals surface area contributed by atoms with Crippen LogP contribution in [0.15, 0.2) is 35.0 Å². The fourth-order valence-electron chi connectivity index (χ4n) is 1.83. The number of carbonyl (C=O) groups excluding carboxylic acids is 1. The van der Waals surface area contributed by atoms with Gasteiger partial charge in [0.1, 0.15) is 5.76 Å². The standard InChI is InChI=1S/C14H21NO5S/c1-4-19-14(16)9-5-7-12(2)15(21(3,17)18)11-13-8-6-10-20-13/h5-6,8-10,12H,4,7,11H2,1-3H3/b9-5+. The Balaban J connectivity index is 2.68. The van der Waals surface area contributed by atoms with Crippen LogP contribution in [0, 0.1) is 0 Å². The Morgan fingerprint density at radius 3 is 2.76 bits per heavy atom. The van der Waals surface area contributed by atoms with E-state index in [2.05, 4.69) is 0 Å². The third kappa shape index (κ3) is 6.14.